The van der Waals surface area contributed by atoms with Crippen molar-refractivity contribution in [2.75, 3.05) is 4.90 Å². The summed E-state index contributed by atoms with van der Waals surface area (Å²) in [5.74, 6) is -1.15. The molecule has 1 heterocycles. The number of hydrogen-bond donors (Lipinski definition) is 1. The van der Waals surface area contributed by atoms with Gasteiger partial charge in [-0.25, -0.2) is 0 Å². The molecule has 0 bridgehead atoms. The number of nitrogens with zero attached hydrogens (tertiary/aromatic N) is 3. The van der Waals surface area contributed by atoms with Crippen LogP contribution in [-0.2, 0) is 17.9 Å². The first-order valence-corrected chi connectivity index (χ1v) is 8.29. The summed E-state index contributed by atoms with van der Waals surface area (Å²) in [5, 5.41) is 13.0. The number of carbonyl (C=O) groups is 2. The van der Waals surface area contributed by atoms with Crippen molar-refractivity contribution in [3.05, 3.63) is 84.2 Å². The summed E-state index contributed by atoms with van der Waals surface area (Å²) < 4.78 is 1.44. The number of benzene rings is 2. The Balaban J connectivity index is 1.91. The Kier molecular flexibility index (Phi) is 5.43. The second-order valence-corrected chi connectivity index (χ2v) is 5.80. The van der Waals surface area contributed by atoms with E-state index >= 15 is 0 Å². The Bertz CT molecular complexity index is 876. The number of aliphatic carboxylic acids is 1. The highest BCUT2D eigenvalue weighted by atomic mass is 16.4. The molecule has 0 atom stereocenters. The third-order valence-corrected chi connectivity index (χ3v) is 3.97. The lowest BCUT2D eigenvalue weighted by Gasteiger charge is -2.23. The number of rotatable bonds is 7. The number of para-hydroxylation sites is 1. The fourth-order valence-corrected chi connectivity index (χ4v) is 2.69. The number of hydrogen-bond acceptors (Lipinski definition) is 3. The van der Waals surface area contributed by atoms with E-state index in [1.807, 2.05) is 60.7 Å². The minimum absolute atomic E-state index is 0.0913. The number of carboxylic acids is 1. The van der Waals surface area contributed by atoms with E-state index < -0.39 is 5.97 Å². The maximum absolute atomic E-state index is 13.2. The lowest BCUT2D eigenvalue weighted by molar-refractivity contribution is -0.137. The van der Waals surface area contributed by atoms with Crippen molar-refractivity contribution in [2.24, 2.45) is 0 Å². The zero-order valence-corrected chi connectivity index (χ0v) is 14.2. The summed E-state index contributed by atoms with van der Waals surface area (Å²) in [6.45, 7) is 0.561. The molecule has 0 fully saturated rings. The van der Waals surface area contributed by atoms with Crippen LogP contribution in [-0.4, -0.2) is 26.8 Å². The van der Waals surface area contributed by atoms with Gasteiger partial charge in [0.15, 0.2) is 0 Å². The van der Waals surface area contributed by atoms with E-state index in [0.29, 0.717) is 12.2 Å². The molecule has 1 N–H and O–H groups in total. The van der Waals surface area contributed by atoms with Crippen LogP contribution in [0.25, 0.3) is 0 Å². The predicted molar refractivity (Wildman–Crippen MR) is 97.9 cm³/mol. The summed E-state index contributed by atoms with van der Waals surface area (Å²) in [4.78, 5) is 25.7. The smallest absolute Gasteiger partial charge is 0.305 e. The Morgan fingerprint density at radius 3 is 2.27 bits per heavy atom. The van der Waals surface area contributed by atoms with Gasteiger partial charge in [0.05, 0.1) is 19.5 Å². The van der Waals surface area contributed by atoms with Gasteiger partial charge in [0, 0.05) is 11.9 Å². The van der Waals surface area contributed by atoms with E-state index in [9.17, 15) is 9.59 Å². The van der Waals surface area contributed by atoms with Crippen LogP contribution in [0.1, 0.15) is 22.5 Å². The van der Waals surface area contributed by atoms with Crippen molar-refractivity contribution in [3.63, 3.8) is 0 Å². The number of carboxylic acid groups (broad SMARTS) is 1. The topological polar surface area (TPSA) is 75.4 Å². The summed E-state index contributed by atoms with van der Waals surface area (Å²) in [6.07, 6.45) is 1.42. The summed E-state index contributed by atoms with van der Waals surface area (Å²) >= 11 is 0. The maximum atomic E-state index is 13.2. The number of aryl methyl sites for hydroxylation is 1. The minimum atomic E-state index is -0.928. The van der Waals surface area contributed by atoms with E-state index in [-0.39, 0.29) is 18.9 Å². The molecular weight excluding hydrogens is 330 g/mol. The maximum Gasteiger partial charge on any atom is 0.305 e. The Morgan fingerprint density at radius 2 is 1.62 bits per heavy atom. The van der Waals surface area contributed by atoms with Gasteiger partial charge < -0.3 is 10.0 Å². The summed E-state index contributed by atoms with van der Waals surface area (Å²) in [5.41, 5.74) is 2.14. The molecule has 0 unspecified atom stereocenters. The van der Waals surface area contributed by atoms with Gasteiger partial charge in [-0.3, -0.25) is 14.3 Å². The highest BCUT2D eigenvalue weighted by Crippen LogP contribution is 2.20. The Morgan fingerprint density at radius 1 is 0.962 bits per heavy atom. The molecule has 0 radical (unpaired) electrons. The van der Waals surface area contributed by atoms with Crippen LogP contribution in [0.15, 0.2) is 72.9 Å². The minimum Gasteiger partial charge on any atom is -0.481 e. The molecule has 0 aliphatic rings. The second kappa shape index (κ2) is 8.11. The van der Waals surface area contributed by atoms with Gasteiger partial charge in [0.25, 0.3) is 5.91 Å². The van der Waals surface area contributed by atoms with Crippen LogP contribution in [0.2, 0.25) is 0 Å². The summed E-state index contributed by atoms with van der Waals surface area (Å²) in [6, 6.07) is 20.7. The molecule has 132 valence electrons. The van der Waals surface area contributed by atoms with E-state index in [1.54, 1.807) is 11.0 Å². The van der Waals surface area contributed by atoms with Gasteiger partial charge in [-0.05, 0) is 23.8 Å². The van der Waals surface area contributed by atoms with E-state index in [2.05, 4.69) is 5.10 Å². The first kappa shape index (κ1) is 17.4. The monoisotopic (exact) mass is 349 g/mol. The van der Waals surface area contributed by atoms with E-state index in [0.717, 1.165) is 11.3 Å². The van der Waals surface area contributed by atoms with Crippen LogP contribution in [0.5, 0.6) is 0 Å². The molecule has 3 aromatic rings. The molecular formula is C20H19N3O3. The SMILES string of the molecule is O=C(O)CCn1nccc1C(=O)N(Cc1ccccc1)c1ccccc1. The molecule has 26 heavy (non-hydrogen) atoms. The quantitative estimate of drug-likeness (QED) is 0.711. The average Bonchev–Trinajstić information content (AvgIpc) is 3.14. The molecule has 3 rings (SSSR count). The fourth-order valence-electron chi connectivity index (χ4n) is 2.69. The van der Waals surface area contributed by atoms with Crippen molar-refractivity contribution in [3.8, 4) is 0 Å². The lowest BCUT2D eigenvalue weighted by Crippen LogP contribution is -2.32. The molecule has 2 aromatic carbocycles. The second-order valence-electron chi connectivity index (χ2n) is 5.80. The lowest BCUT2D eigenvalue weighted by atomic mass is 10.2. The molecule has 1 amide bonds. The van der Waals surface area contributed by atoms with Crippen molar-refractivity contribution >= 4 is 17.6 Å². The molecule has 0 saturated carbocycles. The molecule has 6 heteroatoms. The van der Waals surface area contributed by atoms with Gasteiger partial charge in [0.2, 0.25) is 0 Å². The third kappa shape index (κ3) is 4.16. The van der Waals surface area contributed by atoms with E-state index in [4.69, 9.17) is 5.11 Å². The van der Waals surface area contributed by atoms with Gasteiger partial charge in [-0.15, -0.1) is 0 Å². The molecule has 1 aromatic heterocycles. The van der Waals surface area contributed by atoms with Gasteiger partial charge in [-0.1, -0.05) is 48.5 Å². The number of aromatic nitrogens is 2. The summed E-state index contributed by atoms with van der Waals surface area (Å²) in [7, 11) is 0. The molecule has 0 aliphatic carbocycles. The fraction of sp³-hybridized carbons (Fsp3) is 0.150. The van der Waals surface area contributed by atoms with Gasteiger partial charge in [0.1, 0.15) is 5.69 Å². The number of amides is 1. The molecule has 0 saturated heterocycles. The Labute approximate surface area is 151 Å². The van der Waals surface area contributed by atoms with Crippen molar-refractivity contribution in [1.29, 1.82) is 0 Å². The molecule has 6 nitrogen and oxygen atoms in total. The predicted octanol–water partition coefficient (Wildman–Crippen LogP) is 3.20. The standard InChI is InChI=1S/C20H19N3O3/c24-19(25)12-14-23-18(11-13-21-23)20(26)22(17-9-5-2-6-10-17)15-16-7-3-1-4-8-16/h1-11,13H,12,14-15H2,(H,24,25). The number of carbonyl (C=O) groups excluding carboxylic acids is 1. The van der Waals surface area contributed by atoms with Crippen LogP contribution < -0.4 is 4.90 Å². The average molecular weight is 349 g/mol. The van der Waals surface area contributed by atoms with Crippen molar-refractivity contribution in [2.45, 2.75) is 19.5 Å². The first-order valence-electron chi connectivity index (χ1n) is 8.29. The van der Waals surface area contributed by atoms with Gasteiger partial charge >= 0.3 is 5.97 Å². The van der Waals surface area contributed by atoms with Crippen molar-refractivity contribution < 1.29 is 14.7 Å². The Hall–Kier alpha value is -3.41. The van der Waals surface area contributed by atoms with Crippen molar-refractivity contribution in [1.82, 2.24) is 9.78 Å². The van der Waals surface area contributed by atoms with Gasteiger partial charge in [-0.2, -0.15) is 5.10 Å². The zero-order valence-electron chi connectivity index (χ0n) is 14.2. The first-order chi connectivity index (χ1) is 12.6. The van der Waals surface area contributed by atoms with E-state index in [1.165, 1.54) is 10.9 Å². The normalized spacial score (nSPS) is 10.5. The number of anilines is 1. The molecule has 0 aliphatic heterocycles. The van der Waals surface area contributed by atoms with Crippen LogP contribution >= 0.6 is 0 Å². The van der Waals surface area contributed by atoms with Crippen LogP contribution in [0, 0.1) is 0 Å². The zero-order chi connectivity index (χ0) is 18.4. The van der Waals surface area contributed by atoms with Crippen LogP contribution in [0.3, 0.4) is 0 Å². The van der Waals surface area contributed by atoms with Crippen LogP contribution in [0.4, 0.5) is 5.69 Å². The third-order valence-electron chi connectivity index (χ3n) is 3.97. The largest absolute Gasteiger partial charge is 0.481 e. The highest BCUT2D eigenvalue weighted by Gasteiger charge is 2.21. The molecule has 0 spiro atoms. The highest BCUT2D eigenvalue weighted by molar-refractivity contribution is 6.04.